The van der Waals surface area contributed by atoms with Crippen molar-refractivity contribution in [2.24, 2.45) is 5.92 Å². The molecule has 2 aromatic rings. The van der Waals surface area contributed by atoms with Gasteiger partial charge in [0.1, 0.15) is 5.92 Å². The van der Waals surface area contributed by atoms with Gasteiger partial charge in [0.05, 0.1) is 11.7 Å². The average Bonchev–Trinajstić information content (AvgIpc) is 3.08. The van der Waals surface area contributed by atoms with E-state index >= 15 is 0 Å². The number of hydrogen-bond acceptors (Lipinski definition) is 4. The van der Waals surface area contributed by atoms with Crippen LogP contribution < -0.4 is 10.4 Å². The Morgan fingerprint density at radius 1 is 0.957 bits per heavy atom. The number of imide groups is 1. The van der Waals surface area contributed by atoms with Crippen LogP contribution in [0.15, 0.2) is 54.6 Å². The Kier molecular flexibility index (Phi) is 3.32. The number of carbonyl (C=O) groups is 2. The van der Waals surface area contributed by atoms with Gasteiger partial charge in [0.25, 0.3) is 5.91 Å². The van der Waals surface area contributed by atoms with Gasteiger partial charge in [-0.1, -0.05) is 41.9 Å². The summed E-state index contributed by atoms with van der Waals surface area (Å²) in [5, 5.41) is 4.60. The molecule has 1 N–H and O–H groups in total. The van der Waals surface area contributed by atoms with Gasteiger partial charge in [-0.15, -0.1) is 0 Å². The molecule has 0 bridgehead atoms. The number of hydrogen-bond donors (Lipinski definition) is 1. The van der Waals surface area contributed by atoms with Crippen LogP contribution in [0.3, 0.4) is 0 Å². The van der Waals surface area contributed by atoms with Crippen LogP contribution in [-0.4, -0.2) is 17.9 Å². The predicted molar refractivity (Wildman–Crippen MR) is 84.6 cm³/mol. The molecule has 0 saturated carbocycles. The molecule has 2 aromatic carbocycles. The van der Waals surface area contributed by atoms with Crippen molar-refractivity contribution < 1.29 is 14.4 Å². The number of amides is 2. The maximum Gasteiger partial charge on any atom is 0.259 e. The monoisotopic (exact) mass is 328 g/mol. The highest BCUT2D eigenvalue weighted by atomic mass is 35.5. The minimum Gasteiger partial charge on any atom is -0.294 e. The standard InChI is InChI=1S/C17H13ClN2O3/c18-11-6-8-12(9-7-11)20-14(10-4-2-1-3-5-10)13-15(23-20)17(22)19-16(13)21/h1-9,13-15H,(H,19,21,22)/t13-,14-,15+/m0/s1. The van der Waals surface area contributed by atoms with Gasteiger partial charge in [-0.3, -0.25) is 19.7 Å². The topological polar surface area (TPSA) is 58.6 Å². The van der Waals surface area contributed by atoms with E-state index in [1.807, 2.05) is 42.5 Å². The third kappa shape index (κ3) is 2.29. The number of hydroxylamine groups is 1. The van der Waals surface area contributed by atoms with Gasteiger partial charge in [0.2, 0.25) is 5.91 Å². The SMILES string of the molecule is O=C1NC(=O)[C@@H]2ON(c3ccc(Cl)cc3)[C@@H](c3ccccc3)[C@H]12. The number of anilines is 1. The largest absolute Gasteiger partial charge is 0.294 e. The van der Waals surface area contributed by atoms with Gasteiger partial charge in [-0.05, 0) is 29.8 Å². The molecule has 3 atom stereocenters. The van der Waals surface area contributed by atoms with Crippen LogP contribution in [-0.2, 0) is 14.4 Å². The summed E-state index contributed by atoms with van der Waals surface area (Å²) < 4.78 is 0. The van der Waals surface area contributed by atoms with Crippen LogP contribution in [0.4, 0.5) is 5.69 Å². The normalized spacial score (nSPS) is 26.3. The van der Waals surface area contributed by atoms with Crippen molar-refractivity contribution in [2.45, 2.75) is 12.1 Å². The second-order valence-electron chi connectivity index (χ2n) is 5.56. The van der Waals surface area contributed by atoms with Gasteiger partial charge in [0.15, 0.2) is 6.10 Å². The lowest BCUT2D eigenvalue weighted by Crippen LogP contribution is -2.33. The molecule has 0 unspecified atom stereocenters. The molecule has 0 aromatic heterocycles. The average molecular weight is 329 g/mol. The fourth-order valence-electron chi connectivity index (χ4n) is 3.14. The Morgan fingerprint density at radius 2 is 1.65 bits per heavy atom. The van der Waals surface area contributed by atoms with E-state index in [1.54, 1.807) is 17.2 Å². The third-order valence-corrected chi connectivity index (χ3v) is 4.43. The zero-order chi connectivity index (χ0) is 16.0. The fraction of sp³-hybridized carbons (Fsp3) is 0.176. The molecular formula is C17H13ClN2O3. The molecule has 5 nitrogen and oxygen atoms in total. The lowest BCUT2D eigenvalue weighted by Gasteiger charge is -2.27. The van der Waals surface area contributed by atoms with Crippen LogP contribution in [0.25, 0.3) is 0 Å². The van der Waals surface area contributed by atoms with Crippen LogP contribution in [0, 0.1) is 5.92 Å². The maximum absolute atomic E-state index is 12.2. The highest BCUT2D eigenvalue weighted by Crippen LogP contribution is 2.44. The molecule has 2 saturated heterocycles. The molecule has 2 aliphatic rings. The van der Waals surface area contributed by atoms with Crippen LogP contribution >= 0.6 is 11.6 Å². The van der Waals surface area contributed by atoms with E-state index in [4.69, 9.17) is 16.4 Å². The minimum absolute atomic E-state index is 0.301. The molecule has 0 spiro atoms. The first kappa shape index (κ1) is 14.2. The first-order valence-electron chi connectivity index (χ1n) is 7.26. The molecule has 2 heterocycles. The third-order valence-electron chi connectivity index (χ3n) is 4.18. The molecule has 2 aliphatic heterocycles. The lowest BCUT2D eigenvalue weighted by atomic mass is 9.91. The van der Waals surface area contributed by atoms with E-state index in [0.717, 1.165) is 11.3 Å². The number of halogens is 1. The van der Waals surface area contributed by atoms with Crippen molar-refractivity contribution in [2.75, 3.05) is 5.06 Å². The number of benzene rings is 2. The number of fused-ring (bicyclic) bond motifs is 1. The van der Waals surface area contributed by atoms with Crippen molar-refractivity contribution in [3.05, 3.63) is 65.2 Å². The van der Waals surface area contributed by atoms with E-state index in [1.165, 1.54) is 0 Å². The summed E-state index contributed by atoms with van der Waals surface area (Å²) in [7, 11) is 0. The van der Waals surface area contributed by atoms with Crippen molar-refractivity contribution in [1.29, 1.82) is 0 Å². The Hall–Kier alpha value is -2.37. The van der Waals surface area contributed by atoms with Crippen LogP contribution in [0.1, 0.15) is 11.6 Å². The summed E-state index contributed by atoms with van der Waals surface area (Å²) in [5.74, 6) is -1.26. The zero-order valence-electron chi connectivity index (χ0n) is 12.0. The summed E-state index contributed by atoms with van der Waals surface area (Å²) in [6.07, 6.45) is -0.802. The molecular weight excluding hydrogens is 316 g/mol. The Bertz CT molecular complexity index is 763. The molecule has 6 heteroatoms. The Labute approximate surface area is 137 Å². The Balaban J connectivity index is 1.80. The van der Waals surface area contributed by atoms with Crippen molar-refractivity contribution in [3.63, 3.8) is 0 Å². The molecule has 2 amide bonds. The van der Waals surface area contributed by atoms with Crippen molar-refractivity contribution in [1.82, 2.24) is 5.32 Å². The first-order chi connectivity index (χ1) is 11.1. The first-order valence-corrected chi connectivity index (χ1v) is 7.64. The summed E-state index contributed by atoms with van der Waals surface area (Å²) in [6, 6.07) is 16.3. The molecule has 23 heavy (non-hydrogen) atoms. The second-order valence-corrected chi connectivity index (χ2v) is 6.00. The van der Waals surface area contributed by atoms with Gasteiger partial charge in [0, 0.05) is 5.02 Å². The minimum atomic E-state index is -0.802. The fourth-order valence-corrected chi connectivity index (χ4v) is 3.26. The van der Waals surface area contributed by atoms with Gasteiger partial charge in [-0.25, -0.2) is 5.06 Å². The van der Waals surface area contributed by atoms with E-state index in [2.05, 4.69) is 5.32 Å². The predicted octanol–water partition coefficient (Wildman–Crippen LogP) is 2.47. The van der Waals surface area contributed by atoms with Gasteiger partial charge in [-0.2, -0.15) is 0 Å². The zero-order valence-corrected chi connectivity index (χ0v) is 12.7. The smallest absolute Gasteiger partial charge is 0.259 e. The van der Waals surface area contributed by atoms with E-state index < -0.39 is 17.9 Å². The quantitative estimate of drug-likeness (QED) is 0.860. The molecule has 0 radical (unpaired) electrons. The van der Waals surface area contributed by atoms with Crippen LogP contribution in [0.5, 0.6) is 0 Å². The molecule has 4 rings (SSSR count). The second kappa shape index (κ2) is 5.37. The van der Waals surface area contributed by atoms with Gasteiger partial charge < -0.3 is 0 Å². The number of rotatable bonds is 2. The highest BCUT2D eigenvalue weighted by Gasteiger charge is 2.56. The molecule has 0 aliphatic carbocycles. The highest BCUT2D eigenvalue weighted by molar-refractivity contribution is 6.30. The van der Waals surface area contributed by atoms with Crippen molar-refractivity contribution in [3.8, 4) is 0 Å². The molecule has 116 valence electrons. The van der Waals surface area contributed by atoms with Crippen molar-refractivity contribution >= 4 is 29.1 Å². The molecule has 2 fully saturated rings. The van der Waals surface area contributed by atoms with E-state index in [0.29, 0.717) is 5.02 Å². The lowest BCUT2D eigenvalue weighted by molar-refractivity contribution is -0.129. The summed E-state index contributed by atoms with van der Waals surface area (Å²) in [5.41, 5.74) is 1.66. The maximum atomic E-state index is 12.2. The number of nitrogens with zero attached hydrogens (tertiary/aromatic N) is 1. The summed E-state index contributed by atoms with van der Waals surface area (Å²) in [6.45, 7) is 0. The summed E-state index contributed by atoms with van der Waals surface area (Å²) >= 11 is 5.94. The summed E-state index contributed by atoms with van der Waals surface area (Å²) in [4.78, 5) is 30.0. The van der Waals surface area contributed by atoms with E-state index in [-0.39, 0.29) is 11.9 Å². The Morgan fingerprint density at radius 3 is 2.35 bits per heavy atom. The number of nitrogens with one attached hydrogen (secondary N) is 1. The van der Waals surface area contributed by atoms with Gasteiger partial charge >= 0.3 is 0 Å². The number of carbonyl (C=O) groups excluding carboxylic acids is 2. The van der Waals surface area contributed by atoms with Crippen LogP contribution in [0.2, 0.25) is 5.02 Å². The van der Waals surface area contributed by atoms with E-state index in [9.17, 15) is 9.59 Å².